The molecule has 0 saturated heterocycles. The van der Waals surface area contributed by atoms with Gasteiger partial charge < -0.3 is 16.0 Å². The minimum absolute atomic E-state index is 0.132. The first kappa shape index (κ1) is 19.0. The highest BCUT2D eigenvalue weighted by Crippen LogP contribution is 2.28. The monoisotopic (exact) mass is 384 g/mol. The molecule has 0 radical (unpaired) electrons. The zero-order valence-corrected chi connectivity index (χ0v) is 16.0. The van der Waals surface area contributed by atoms with Crippen LogP contribution < -0.4 is 10.6 Å². The van der Waals surface area contributed by atoms with Crippen LogP contribution in [-0.2, 0) is 16.6 Å². The third-order valence-corrected chi connectivity index (χ3v) is 5.90. The van der Waals surface area contributed by atoms with Crippen LogP contribution in [0.4, 0.5) is 0 Å². The van der Waals surface area contributed by atoms with E-state index < -0.39 is 10.0 Å². The predicted molar refractivity (Wildman–Crippen MR) is 106 cm³/mol. The number of pyridine rings is 1. The fourth-order valence-electron chi connectivity index (χ4n) is 3.00. The van der Waals surface area contributed by atoms with Gasteiger partial charge in [0.1, 0.15) is 11.1 Å². The lowest BCUT2D eigenvalue weighted by atomic mass is 10.0. The van der Waals surface area contributed by atoms with Crippen LogP contribution in [0.25, 0.3) is 16.5 Å². The number of hydrogen-bond donors (Lipinski definition) is 3. The molecule has 27 heavy (non-hydrogen) atoms. The van der Waals surface area contributed by atoms with Crippen LogP contribution in [0.15, 0.2) is 60.0 Å². The Labute approximate surface area is 158 Å². The second-order valence-electron chi connectivity index (χ2n) is 6.01. The molecule has 0 saturated carbocycles. The van der Waals surface area contributed by atoms with E-state index in [1.807, 2.05) is 43.8 Å². The van der Waals surface area contributed by atoms with Crippen molar-refractivity contribution in [3.05, 3.63) is 66.2 Å². The first-order valence-electron chi connectivity index (χ1n) is 8.47. The van der Waals surface area contributed by atoms with Crippen LogP contribution in [0.5, 0.6) is 0 Å². The Morgan fingerprint density at radius 1 is 1.37 bits per heavy atom. The van der Waals surface area contributed by atoms with Crippen molar-refractivity contribution in [3.63, 3.8) is 0 Å². The third kappa shape index (κ3) is 3.55. The van der Waals surface area contributed by atoms with E-state index in [9.17, 15) is 8.42 Å². The summed E-state index contributed by atoms with van der Waals surface area (Å²) < 4.78 is 27.7. The van der Waals surface area contributed by atoms with Crippen molar-refractivity contribution in [3.8, 4) is 0 Å². The topological polar surface area (TPSA) is 104 Å². The standard InChI is InChI=1S/C19H21N5O2S/c1-21-10-15(9-20)14-5-6-18-16(11-22-2)13-24(19(18)8-14)27(25,26)17-4-3-7-23-12-17/h3-10,12-13,20-22H,11H2,1-2H3/p+1. The molecule has 0 aliphatic carbocycles. The Bertz CT molecular complexity index is 1100. The van der Waals surface area contributed by atoms with Gasteiger partial charge in [-0.2, -0.15) is 0 Å². The molecule has 8 heteroatoms. The lowest BCUT2D eigenvalue weighted by molar-refractivity contribution is -0.555. The minimum Gasteiger partial charge on any atom is -0.322 e. The zero-order valence-electron chi connectivity index (χ0n) is 15.2. The number of nitrogens with one attached hydrogen (secondary N) is 2. The summed E-state index contributed by atoms with van der Waals surface area (Å²) in [6, 6.07) is 8.75. The molecule has 0 spiro atoms. The largest absolute Gasteiger partial charge is 0.322 e. The first-order valence-corrected chi connectivity index (χ1v) is 9.91. The van der Waals surface area contributed by atoms with Gasteiger partial charge in [0.15, 0.2) is 0 Å². The van der Waals surface area contributed by atoms with Crippen molar-refractivity contribution in [2.24, 2.45) is 0 Å². The molecule has 1 aromatic carbocycles. The molecule has 0 aliphatic rings. The predicted octanol–water partition coefficient (Wildman–Crippen LogP) is 1.18. The molecule has 140 valence electrons. The summed E-state index contributed by atoms with van der Waals surface area (Å²) in [5, 5.41) is 13.4. The van der Waals surface area contributed by atoms with E-state index >= 15 is 0 Å². The van der Waals surface area contributed by atoms with Crippen LogP contribution in [-0.4, -0.2) is 37.7 Å². The van der Waals surface area contributed by atoms with Crippen LogP contribution in [0.1, 0.15) is 11.1 Å². The molecular formula is C19H22N5O2S+. The van der Waals surface area contributed by atoms with Gasteiger partial charge in [-0.25, -0.2) is 12.4 Å². The van der Waals surface area contributed by atoms with E-state index in [-0.39, 0.29) is 4.90 Å². The lowest BCUT2D eigenvalue weighted by Gasteiger charge is -2.08. The molecule has 0 fully saturated rings. The third-order valence-electron chi connectivity index (χ3n) is 4.25. The molecule has 3 rings (SSSR count). The normalized spacial score (nSPS) is 12.4. The second kappa shape index (κ2) is 7.83. The summed E-state index contributed by atoms with van der Waals surface area (Å²) >= 11 is 0. The fourth-order valence-corrected chi connectivity index (χ4v) is 4.34. The van der Waals surface area contributed by atoms with E-state index in [4.69, 9.17) is 5.41 Å². The van der Waals surface area contributed by atoms with Gasteiger partial charge >= 0.3 is 0 Å². The molecular weight excluding hydrogens is 362 g/mol. The fraction of sp³-hybridized carbons (Fsp3) is 0.158. The number of hydrogen-bond acceptors (Lipinski definition) is 5. The van der Waals surface area contributed by atoms with Gasteiger partial charge in [0, 0.05) is 36.7 Å². The van der Waals surface area contributed by atoms with Crippen molar-refractivity contribution in [2.75, 3.05) is 14.1 Å². The van der Waals surface area contributed by atoms with Crippen LogP contribution in [0.3, 0.4) is 0 Å². The molecule has 2 aromatic heterocycles. The van der Waals surface area contributed by atoms with Crippen molar-refractivity contribution >= 4 is 32.7 Å². The van der Waals surface area contributed by atoms with E-state index in [1.165, 1.54) is 22.5 Å². The van der Waals surface area contributed by atoms with Gasteiger partial charge in [-0.3, -0.25) is 4.98 Å². The number of quaternary nitrogens is 1. The Kier molecular flexibility index (Phi) is 5.50. The first-order chi connectivity index (χ1) is 13.0. The summed E-state index contributed by atoms with van der Waals surface area (Å²) in [7, 11) is -0.0853. The van der Waals surface area contributed by atoms with Crippen LogP contribution in [0.2, 0.25) is 0 Å². The summed E-state index contributed by atoms with van der Waals surface area (Å²) in [5.41, 5.74) is 2.95. The van der Waals surface area contributed by atoms with E-state index in [0.29, 0.717) is 17.6 Å². The summed E-state index contributed by atoms with van der Waals surface area (Å²) in [5.74, 6) is 0. The highest BCUT2D eigenvalue weighted by atomic mass is 32.2. The van der Waals surface area contributed by atoms with E-state index in [0.717, 1.165) is 16.5 Å². The van der Waals surface area contributed by atoms with Crippen LogP contribution in [0, 0.1) is 5.41 Å². The lowest BCUT2D eigenvalue weighted by Crippen LogP contribution is -2.72. The number of rotatable bonds is 7. The zero-order chi connectivity index (χ0) is 19.4. The molecule has 0 atom stereocenters. The minimum atomic E-state index is -3.78. The van der Waals surface area contributed by atoms with Gasteiger partial charge in [-0.05, 0) is 36.4 Å². The number of aromatic nitrogens is 2. The average molecular weight is 384 g/mol. The van der Waals surface area contributed by atoms with Gasteiger partial charge in [0.05, 0.1) is 18.1 Å². The maximum absolute atomic E-state index is 13.2. The van der Waals surface area contributed by atoms with Crippen molar-refractivity contribution < 1.29 is 13.7 Å². The van der Waals surface area contributed by atoms with Gasteiger partial charge in [0.25, 0.3) is 10.0 Å². The molecule has 0 unspecified atom stereocenters. The highest BCUT2D eigenvalue weighted by Gasteiger charge is 2.22. The van der Waals surface area contributed by atoms with E-state index in [2.05, 4.69) is 10.3 Å². The Morgan fingerprint density at radius 2 is 2.19 bits per heavy atom. The summed E-state index contributed by atoms with van der Waals surface area (Å²) in [4.78, 5) is 4.07. The van der Waals surface area contributed by atoms with Crippen molar-refractivity contribution in [1.29, 1.82) is 5.41 Å². The summed E-state index contributed by atoms with van der Waals surface area (Å²) in [6.07, 6.45) is 7.62. The maximum Gasteiger partial charge on any atom is 0.269 e. The molecule has 4 N–H and O–H groups in total. The molecule has 3 aromatic rings. The average Bonchev–Trinajstić information content (AvgIpc) is 3.05. The second-order valence-corrected chi connectivity index (χ2v) is 7.82. The van der Waals surface area contributed by atoms with Gasteiger partial charge in [-0.1, -0.05) is 12.1 Å². The molecule has 2 heterocycles. The summed E-state index contributed by atoms with van der Waals surface area (Å²) in [6.45, 7) is 0.543. The smallest absolute Gasteiger partial charge is 0.269 e. The molecule has 0 aliphatic heterocycles. The Balaban J connectivity index is 2.28. The van der Waals surface area contributed by atoms with Crippen molar-refractivity contribution in [1.82, 2.24) is 14.3 Å². The van der Waals surface area contributed by atoms with Gasteiger partial charge in [0.2, 0.25) is 0 Å². The number of nitrogens with zero attached hydrogens (tertiary/aromatic N) is 2. The number of allylic oxidation sites excluding steroid dienone is 1. The van der Waals surface area contributed by atoms with Crippen molar-refractivity contribution in [2.45, 2.75) is 11.4 Å². The number of fused-ring (bicyclic) bond motifs is 1. The van der Waals surface area contributed by atoms with Crippen LogP contribution >= 0.6 is 0 Å². The Hall–Kier alpha value is -2.81. The molecule has 0 bridgehead atoms. The molecule has 7 nitrogen and oxygen atoms in total. The quantitative estimate of drug-likeness (QED) is 0.532. The SMILES string of the molecule is CNCc1cn(S(=O)(=O)c2cccnc2)c2cc(C(C=N)=C[NH2+]C)ccc12. The number of benzene rings is 1. The van der Waals surface area contributed by atoms with Gasteiger partial charge in [-0.15, -0.1) is 0 Å². The highest BCUT2D eigenvalue weighted by molar-refractivity contribution is 7.90. The molecule has 0 amide bonds. The van der Waals surface area contributed by atoms with E-state index in [1.54, 1.807) is 18.5 Å². The number of nitrogens with two attached hydrogens (primary N) is 1. The Morgan fingerprint density at radius 3 is 2.81 bits per heavy atom. The maximum atomic E-state index is 13.2.